The summed E-state index contributed by atoms with van der Waals surface area (Å²) in [4.78, 5) is 32.9. The molecule has 0 aromatic heterocycles. The van der Waals surface area contributed by atoms with E-state index in [4.69, 9.17) is 42.2 Å². The maximum absolute atomic E-state index is 11.9. The van der Waals surface area contributed by atoms with Gasteiger partial charge in [-0.25, -0.2) is 9.59 Å². The number of aldehydes is 1. The van der Waals surface area contributed by atoms with Crippen LogP contribution in [-0.2, 0) is 77.1 Å². The molecule has 1 aromatic rings. The summed E-state index contributed by atoms with van der Waals surface area (Å²) < 4.78 is 75.3. The Morgan fingerprint density at radius 2 is 1.20 bits per heavy atom. The first-order valence-corrected chi connectivity index (χ1v) is 23.2. The predicted molar refractivity (Wildman–Crippen MR) is 210 cm³/mol. The summed E-state index contributed by atoms with van der Waals surface area (Å²) in [5.41, 5.74) is 0.955. The van der Waals surface area contributed by atoms with Gasteiger partial charge in [0.15, 0.2) is 37.4 Å². The first kappa shape index (κ1) is 53.0. The second kappa shape index (κ2) is 26.8. The summed E-state index contributed by atoms with van der Waals surface area (Å²) in [6.07, 6.45) is 0.548. The molecule has 2 aliphatic rings. The topological polar surface area (TPSA) is 178 Å². The highest BCUT2D eigenvalue weighted by molar-refractivity contribution is 7.58. The predicted octanol–water partition coefficient (Wildman–Crippen LogP) is 7.21. The lowest BCUT2D eigenvalue weighted by molar-refractivity contribution is -0.171. The SMILES string of the molecule is CCOC(CCP(C)(=O)OCC)OCC.CCOP(C)(=O)CCC=O.COC(=O)[C@H]1OC(C)(C)O[C@@H]1C.C[C@H]1OC(C)(C)O[C@@H]1C(=O)OCc1ccccc1. The Hall–Kier alpha value is -2.03. The maximum Gasteiger partial charge on any atom is 0.338 e. The second-order valence-corrected chi connectivity index (χ2v) is 19.0. The summed E-state index contributed by atoms with van der Waals surface area (Å²) in [5.74, 6) is -2.17. The van der Waals surface area contributed by atoms with Gasteiger partial charge in [0.25, 0.3) is 0 Å². The summed E-state index contributed by atoms with van der Waals surface area (Å²) in [6, 6.07) is 9.55. The maximum atomic E-state index is 11.9. The molecule has 6 atom stereocenters. The molecule has 0 aliphatic carbocycles. The van der Waals surface area contributed by atoms with Gasteiger partial charge in [-0.05, 0) is 74.8 Å². The van der Waals surface area contributed by atoms with Gasteiger partial charge in [0.2, 0.25) is 7.37 Å². The Balaban J connectivity index is 0.000000725. The molecule has 15 nitrogen and oxygen atoms in total. The first-order chi connectivity index (χ1) is 25.6. The van der Waals surface area contributed by atoms with E-state index in [0.29, 0.717) is 51.6 Å². The molecular formula is C38H68O15P2. The van der Waals surface area contributed by atoms with E-state index in [1.807, 2.05) is 58.0 Å². The van der Waals surface area contributed by atoms with Crippen LogP contribution in [0.4, 0.5) is 0 Å². The fourth-order valence-corrected chi connectivity index (χ4v) is 7.78. The van der Waals surface area contributed by atoms with E-state index in [1.165, 1.54) is 7.11 Å². The molecule has 2 saturated heterocycles. The zero-order valence-corrected chi connectivity index (χ0v) is 37.0. The van der Waals surface area contributed by atoms with Crippen molar-refractivity contribution in [3.05, 3.63) is 35.9 Å². The van der Waals surface area contributed by atoms with Crippen LogP contribution in [-0.4, -0.2) is 120 Å². The van der Waals surface area contributed by atoms with Crippen LogP contribution in [0.3, 0.4) is 0 Å². The number of hydrogen-bond donors (Lipinski definition) is 0. The van der Waals surface area contributed by atoms with Crippen molar-refractivity contribution in [3.63, 3.8) is 0 Å². The number of methoxy groups -OCH3 is 1. The van der Waals surface area contributed by atoms with E-state index in [2.05, 4.69) is 4.74 Å². The third-order valence-corrected chi connectivity index (χ3v) is 11.2. The van der Waals surface area contributed by atoms with Crippen molar-refractivity contribution in [1.29, 1.82) is 0 Å². The summed E-state index contributed by atoms with van der Waals surface area (Å²) in [5, 5.41) is 0. The van der Waals surface area contributed by atoms with Crippen LogP contribution >= 0.6 is 14.7 Å². The number of carbonyl (C=O) groups is 3. The van der Waals surface area contributed by atoms with Crippen LogP contribution in [0.25, 0.3) is 0 Å². The first-order valence-electron chi connectivity index (χ1n) is 18.7. The molecule has 2 unspecified atom stereocenters. The lowest BCUT2D eigenvalue weighted by atomic mass is 10.2. The fraction of sp³-hybridized carbons (Fsp3) is 0.763. The Morgan fingerprint density at radius 3 is 1.58 bits per heavy atom. The molecular weight excluding hydrogens is 758 g/mol. The highest BCUT2D eigenvalue weighted by atomic mass is 31.2. The van der Waals surface area contributed by atoms with E-state index < -0.39 is 38.5 Å². The third kappa shape index (κ3) is 23.7. The van der Waals surface area contributed by atoms with E-state index in [-0.39, 0.29) is 37.0 Å². The summed E-state index contributed by atoms with van der Waals surface area (Å²) in [6.45, 7) is 23.8. The van der Waals surface area contributed by atoms with Gasteiger partial charge >= 0.3 is 11.9 Å². The average molecular weight is 827 g/mol. The van der Waals surface area contributed by atoms with Crippen LogP contribution in [0.1, 0.15) is 87.6 Å². The van der Waals surface area contributed by atoms with Gasteiger partial charge in [0, 0.05) is 51.7 Å². The fourth-order valence-electron chi connectivity index (χ4n) is 5.17. The van der Waals surface area contributed by atoms with Crippen molar-refractivity contribution >= 4 is 33.0 Å². The molecule has 0 amide bonds. The number of carbonyl (C=O) groups excluding carboxylic acids is 3. The average Bonchev–Trinajstić information content (AvgIpc) is 3.56. The smallest absolute Gasteiger partial charge is 0.338 e. The van der Waals surface area contributed by atoms with Crippen LogP contribution < -0.4 is 0 Å². The van der Waals surface area contributed by atoms with Gasteiger partial charge < -0.3 is 51.7 Å². The van der Waals surface area contributed by atoms with Gasteiger partial charge in [-0.15, -0.1) is 0 Å². The zero-order valence-electron chi connectivity index (χ0n) is 35.2. The van der Waals surface area contributed by atoms with Crippen LogP contribution in [0.2, 0.25) is 0 Å². The van der Waals surface area contributed by atoms with Crippen LogP contribution in [0.5, 0.6) is 0 Å². The van der Waals surface area contributed by atoms with Crippen LogP contribution in [0, 0.1) is 0 Å². The Bertz CT molecular complexity index is 1320. The quantitative estimate of drug-likeness (QED) is 0.0627. The molecule has 0 spiro atoms. The van der Waals surface area contributed by atoms with Gasteiger partial charge in [0.1, 0.15) is 12.9 Å². The standard InChI is InChI=1S/C14H18O4.C10H23O4P.C8H14O4.C6H13O3P/c1-10-12(18-14(2,3)17-10)13(15)16-9-11-7-5-4-6-8-11;1-5-12-10(13-6-2)8-9-15(4,11)14-7-3;1-5-6(7(9)10-4)12-8(2,3)11-5;1-3-9-10(2,8)6-4-5-7/h4-8,10,12H,9H2,1-3H3;10H,5-9H2,1-4H3;5-6H,1-4H3;5H,3-4,6H2,1-2H3/t10-,12+;;5-,6+;/m1.1./s1. The Labute approximate surface area is 328 Å². The van der Waals surface area contributed by atoms with Gasteiger partial charge in [0.05, 0.1) is 32.5 Å². The van der Waals surface area contributed by atoms with Crippen molar-refractivity contribution in [3.8, 4) is 0 Å². The largest absolute Gasteiger partial charge is 0.467 e. The molecule has 0 saturated carbocycles. The van der Waals surface area contributed by atoms with Gasteiger partial charge in [-0.1, -0.05) is 30.3 Å². The van der Waals surface area contributed by atoms with E-state index >= 15 is 0 Å². The lowest BCUT2D eigenvalue weighted by Crippen LogP contribution is -2.31. The van der Waals surface area contributed by atoms with Crippen molar-refractivity contribution in [1.82, 2.24) is 0 Å². The number of esters is 2. The lowest BCUT2D eigenvalue weighted by Gasteiger charge is -2.19. The summed E-state index contributed by atoms with van der Waals surface area (Å²) in [7, 11) is -3.56. The number of benzene rings is 1. The number of hydrogen-bond acceptors (Lipinski definition) is 15. The van der Waals surface area contributed by atoms with Crippen LogP contribution in [0.15, 0.2) is 30.3 Å². The molecule has 1 aromatic carbocycles. The van der Waals surface area contributed by atoms with Gasteiger partial charge in [-0.3, -0.25) is 9.13 Å². The van der Waals surface area contributed by atoms with Crippen molar-refractivity contribution in [2.45, 2.75) is 131 Å². The molecule has 2 aliphatic heterocycles. The monoisotopic (exact) mass is 826 g/mol. The minimum Gasteiger partial charge on any atom is -0.467 e. The Morgan fingerprint density at radius 1 is 0.745 bits per heavy atom. The summed E-state index contributed by atoms with van der Waals surface area (Å²) >= 11 is 0. The highest BCUT2D eigenvalue weighted by Crippen LogP contribution is 2.43. The normalized spacial score (nSPS) is 22.9. The minimum atomic E-state index is -2.45. The molecule has 2 heterocycles. The molecule has 3 rings (SSSR count). The molecule has 0 radical (unpaired) electrons. The molecule has 55 heavy (non-hydrogen) atoms. The van der Waals surface area contributed by atoms with E-state index in [0.717, 1.165) is 11.8 Å². The van der Waals surface area contributed by atoms with Gasteiger partial charge in [-0.2, -0.15) is 0 Å². The molecule has 0 bridgehead atoms. The molecule has 0 N–H and O–H groups in total. The Kier molecular flexibility index (Phi) is 25.8. The van der Waals surface area contributed by atoms with Crippen molar-refractivity contribution < 1.29 is 70.5 Å². The van der Waals surface area contributed by atoms with Crippen molar-refractivity contribution in [2.75, 3.05) is 59.2 Å². The number of ether oxygens (including phenoxy) is 8. The minimum absolute atomic E-state index is 0.243. The zero-order chi connectivity index (χ0) is 42.3. The highest BCUT2D eigenvalue weighted by Gasteiger charge is 2.44. The third-order valence-electron chi connectivity index (χ3n) is 7.44. The van der Waals surface area contributed by atoms with Crippen molar-refractivity contribution in [2.24, 2.45) is 0 Å². The number of rotatable bonds is 18. The molecule has 320 valence electrons. The molecule has 17 heteroatoms. The van der Waals surface area contributed by atoms with E-state index in [1.54, 1.807) is 54.9 Å². The van der Waals surface area contributed by atoms with E-state index in [9.17, 15) is 23.5 Å². The second-order valence-electron chi connectivity index (χ2n) is 13.5. The molecule has 2 fully saturated rings.